The van der Waals surface area contributed by atoms with Gasteiger partial charge in [-0.15, -0.1) is 0 Å². The molecule has 148 valence electrons. The second-order valence-corrected chi connectivity index (χ2v) is 7.02. The minimum absolute atomic E-state index is 0.122. The van der Waals surface area contributed by atoms with Crippen LogP contribution in [0.3, 0.4) is 0 Å². The average molecular weight is 375 g/mol. The molecule has 0 bridgehead atoms. The Morgan fingerprint density at radius 1 is 1.19 bits per heavy atom. The number of amides is 2. The number of rotatable bonds is 8. The number of aliphatic hydroxyl groups is 1. The highest BCUT2D eigenvalue weighted by Crippen LogP contribution is 2.19. The summed E-state index contributed by atoms with van der Waals surface area (Å²) >= 11 is 0. The highest BCUT2D eigenvalue weighted by molar-refractivity contribution is 5.98. The predicted molar refractivity (Wildman–Crippen MR) is 103 cm³/mol. The molecule has 0 aromatic carbocycles. The summed E-state index contributed by atoms with van der Waals surface area (Å²) in [5.41, 5.74) is 0.588. The summed E-state index contributed by atoms with van der Waals surface area (Å²) in [7, 11) is 0. The van der Waals surface area contributed by atoms with Gasteiger partial charge in [0.2, 0.25) is 5.91 Å². The van der Waals surface area contributed by atoms with E-state index in [4.69, 9.17) is 5.11 Å². The van der Waals surface area contributed by atoms with Gasteiger partial charge in [0, 0.05) is 65.0 Å². The van der Waals surface area contributed by atoms with Crippen molar-refractivity contribution in [2.45, 2.75) is 19.3 Å². The van der Waals surface area contributed by atoms with Gasteiger partial charge in [-0.25, -0.2) is 4.98 Å². The second kappa shape index (κ2) is 9.66. The zero-order chi connectivity index (χ0) is 19.1. The third-order valence-electron chi connectivity index (χ3n) is 5.18. The Balaban J connectivity index is 1.50. The smallest absolute Gasteiger partial charge is 0.255 e. The number of hydrogen-bond acceptors (Lipinski definition) is 6. The molecule has 1 aromatic rings. The van der Waals surface area contributed by atoms with Gasteiger partial charge in [0.1, 0.15) is 5.82 Å². The molecule has 2 saturated heterocycles. The number of carbonyl (C=O) groups is 2. The Bertz CT molecular complexity index is 646. The lowest BCUT2D eigenvalue weighted by Crippen LogP contribution is -2.48. The van der Waals surface area contributed by atoms with Gasteiger partial charge in [-0.3, -0.25) is 14.5 Å². The Morgan fingerprint density at radius 2 is 2.00 bits per heavy atom. The number of piperazine rings is 1. The first kappa shape index (κ1) is 19.6. The molecule has 0 aliphatic carbocycles. The first-order chi connectivity index (χ1) is 13.2. The molecule has 8 heteroatoms. The van der Waals surface area contributed by atoms with Crippen LogP contribution in [0.5, 0.6) is 0 Å². The Morgan fingerprint density at radius 3 is 2.70 bits per heavy atom. The SMILES string of the molecule is O=C(NCCCN1CCCC1=O)c1cccnc1N1CCN(CCO)CC1. The van der Waals surface area contributed by atoms with Gasteiger partial charge < -0.3 is 20.2 Å². The van der Waals surface area contributed by atoms with E-state index in [0.29, 0.717) is 37.4 Å². The fourth-order valence-corrected chi connectivity index (χ4v) is 3.66. The summed E-state index contributed by atoms with van der Waals surface area (Å²) < 4.78 is 0. The molecule has 0 unspecified atom stereocenters. The van der Waals surface area contributed by atoms with E-state index in [1.54, 1.807) is 12.3 Å². The van der Waals surface area contributed by atoms with Crippen LogP contribution in [0.25, 0.3) is 0 Å². The van der Waals surface area contributed by atoms with Gasteiger partial charge in [-0.2, -0.15) is 0 Å². The third kappa shape index (κ3) is 5.17. The number of carbonyl (C=O) groups excluding carboxylic acids is 2. The Labute approximate surface area is 160 Å². The fraction of sp³-hybridized carbons (Fsp3) is 0.632. The second-order valence-electron chi connectivity index (χ2n) is 7.02. The standard InChI is InChI=1S/C19H29N5O3/c25-15-14-22-10-12-24(13-11-22)18-16(4-1-6-20-18)19(27)21-7-3-9-23-8-2-5-17(23)26/h1,4,6,25H,2-3,5,7-15H2,(H,21,27). The maximum absolute atomic E-state index is 12.6. The van der Waals surface area contributed by atoms with Crippen LogP contribution in [0.2, 0.25) is 0 Å². The van der Waals surface area contributed by atoms with Crippen LogP contribution in [0.1, 0.15) is 29.6 Å². The number of anilines is 1. The topological polar surface area (TPSA) is 89.0 Å². The molecule has 0 atom stereocenters. The maximum Gasteiger partial charge on any atom is 0.255 e. The number of hydrogen-bond donors (Lipinski definition) is 2. The molecule has 1 aromatic heterocycles. The monoisotopic (exact) mass is 375 g/mol. The molecule has 2 aliphatic rings. The molecule has 2 amide bonds. The predicted octanol–water partition coefficient (Wildman–Crippen LogP) is -0.0618. The van der Waals surface area contributed by atoms with Crippen LogP contribution in [0, 0.1) is 0 Å². The number of pyridine rings is 1. The largest absolute Gasteiger partial charge is 0.395 e. The summed E-state index contributed by atoms with van der Waals surface area (Å²) in [5.74, 6) is 0.813. The van der Waals surface area contributed by atoms with E-state index in [1.807, 2.05) is 11.0 Å². The molecule has 3 rings (SSSR count). The first-order valence-corrected chi connectivity index (χ1v) is 9.78. The minimum Gasteiger partial charge on any atom is -0.395 e. The molecule has 27 heavy (non-hydrogen) atoms. The molecule has 3 heterocycles. The maximum atomic E-state index is 12.6. The van der Waals surface area contributed by atoms with Crippen molar-refractivity contribution in [2.75, 3.05) is 63.9 Å². The zero-order valence-corrected chi connectivity index (χ0v) is 15.8. The summed E-state index contributed by atoms with van der Waals surface area (Å²) in [6, 6.07) is 3.59. The molecule has 0 radical (unpaired) electrons. The summed E-state index contributed by atoms with van der Waals surface area (Å²) in [4.78, 5) is 34.9. The van der Waals surface area contributed by atoms with Gasteiger partial charge in [0.05, 0.1) is 12.2 Å². The highest BCUT2D eigenvalue weighted by Gasteiger charge is 2.22. The van der Waals surface area contributed by atoms with Crippen molar-refractivity contribution in [1.82, 2.24) is 20.1 Å². The van der Waals surface area contributed by atoms with Crippen molar-refractivity contribution >= 4 is 17.6 Å². The average Bonchev–Trinajstić information content (AvgIpc) is 3.11. The van der Waals surface area contributed by atoms with Gasteiger partial charge in [0.25, 0.3) is 5.91 Å². The molecule has 2 fully saturated rings. The number of nitrogens with one attached hydrogen (secondary N) is 1. The lowest BCUT2D eigenvalue weighted by molar-refractivity contribution is -0.127. The number of β-amino-alcohol motifs (C(OH)–C–C–N with tert-alkyl or cyclic N) is 1. The van der Waals surface area contributed by atoms with E-state index >= 15 is 0 Å². The van der Waals surface area contributed by atoms with E-state index in [0.717, 1.165) is 45.6 Å². The molecule has 2 aliphatic heterocycles. The van der Waals surface area contributed by atoms with Gasteiger partial charge in [-0.1, -0.05) is 0 Å². The molecular formula is C19H29N5O3. The van der Waals surface area contributed by atoms with Crippen LogP contribution in [0.4, 0.5) is 5.82 Å². The molecule has 2 N–H and O–H groups in total. The van der Waals surface area contributed by atoms with E-state index in [2.05, 4.69) is 20.1 Å². The van der Waals surface area contributed by atoms with Crippen LogP contribution >= 0.6 is 0 Å². The van der Waals surface area contributed by atoms with Gasteiger partial charge in [0.15, 0.2) is 0 Å². The molecule has 0 saturated carbocycles. The fourth-order valence-electron chi connectivity index (χ4n) is 3.66. The van der Waals surface area contributed by atoms with Crippen molar-refractivity contribution < 1.29 is 14.7 Å². The van der Waals surface area contributed by atoms with Gasteiger partial charge >= 0.3 is 0 Å². The summed E-state index contributed by atoms with van der Waals surface area (Å²) in [5, 5.41) is 12.0. The van der Waals surface area contributed by atoms with Gasteiger partial charge in [-0.05, 0) is 25.0 Å². The molecular weight excluding hydrogens is 346 g/mol. The van der Waals surface area contributed by atoms with E-state index in [-0.39, 0.29) is 18.4 Å². The number of aliphatic hydroxyl groups excluding tert-OH is 1. The minimum atomic E-state index is -0.122. The number of nitrogens with zero attached hydrogens (tertiary/aromatic N) is 4. The van der Waals surface area contributed by atoms with Crippen molar-refractivity contribution in [3.05, 3.63) is 23.9 Å². The van der Waals surface area contributed by atoms with Crippen LogP contribution < -0.4 is 10.2 Å². The van der Waals surface area contributed by atoms with E-state index in [9.17, 15) is 9.59 Å². The highest BCUT2D eigenvalue weighted by atomic mass is 16.3. The quantitative estimate of drug-likeness (QED) is 0.619. The van der Waals surface area contributed by atoms with E-state index < -0.39 is 0 Å². The van der Waals surface area contributed by atoms with Crippen molar-refractivity contribution in [1.29, 1.82) is 0 Å². The lowest BCUT2D eigenvalue weighted by atomic mass is 10.2. The molecule has 8 nitrogen and oxygen atoms in total. The summed E-state index contributed by atoms with van der Waals surface area (Å²) in [6.07, 6.45) is 4.06. The van der Waals surface area contributed by atoms with Crippen LogP contribution in [-0.4, -0.2) is 90.7 Å². The van der Waals surface area contributed by atoms with Crippen molar-refractivity contribution in [3.63, 3.8) is 0 Å². The number of likely N-dealkylation sites (tertiary alicyclic amines) is 1. The summed E-state index contributed by atoms with van der Waals surface area (Å²) in [6.45, 7) is 6.20. The molecule has 0 spiro atoms. The van der Waals surface area contributed by atoms with Crippen LogP contribution in [-0.2, 0) is 4.79 Å². The third-order valence-corrected chi connectivity index (χ3v) is 5.18. The normalized spacial score (nSPS) is 18.2. The van der Waals surface area contributed by atoms with E-state index in [1.165, 1.54) is 0 Å². The van der Waals surface area contributed by atoms with Crippen molar-refractivity contribution in [2.24, 2.45) is 0 Å². The van der Waals surface area contributed by atoms with Crippen molar-refractivity contribution in [3.8, 4) is 0 Å². The van der Waals surface area contributed by atoms with Crippen LogP contribution in [0.15, 0.2) is 18.3 Å². The zero-order valence-electron chi connectivity index (χ0n) is 15.8. The lowest BCUT2D eigenvalue weighted by Gasteiger charge is -2.35. The Hall–Kier alpha value is -2.19. The first-order valence-electron chi connectivity index (χ1n) is 9.78. The Kier molecular flexibility index (Phi) is 7.00. The number of aromatic nitrogens is 1.